The van der Waals surface area contributed by atoms with Gasteiger partial charge in [0.1, 0.15) is 0 Å². The normalized spacial score (nSPS) is 13.2. The monoisotopic (exact) mass is 161 g/mol. The van der Waals surface area contributed by atoms with Crippen LogP contribution in [0, 0.1) is 0 Å². The van der Waals surface area contributed by atoms with Crippen molar-refractivity contribution in [3.05, 3.63) is 0 Å². The van der Waals surface area contributed by atoms with Gasteiger partial charge in [-0.25, -0.2) is 0 Å². The molecule has 0 radical (unpaired) electrons. The number of amides is 1. The summed E-state index contributed by atoms with van der Waals surface area (Å²) >= 11 is 0. The third-order valence-corrected chi connectivity index (χ3v) is 1.08. The Morgan fingerprint density at radius 3 is 2.45 bits per heavy atom. The van der Waals surface area contributed by atoms with E-state index in [1.807, 2.05) is 13.8 Å². The third kappa shape index (κ3) is 5.82. The Hall–Kier alpha value is -0.610. The van der Waals surface area contributed by atoms with Gasteiger partial charge in [0.25, 0.3) is 0 Å². The molecule has 0 fully saturated rings. The lowest BCUT2D eigenvalue weighted by atomic mass is 10.2. The number of carbonyl (C=O) groups excluding carboxylic acids is 1. The van der Waals surface area contributed by atoms with Crippen LogP contribution in [-0.2, 0) is 4.79 Å². The number of carbonyl (C=O) groups is 1. The van der Waals surface area contributed by atoms with E-state index in [0.29, 0.717) is 0 Å². The molecular formula is C7H15NO3. The van der Waals surface area contributed by atoms with E-state index in [1.165, 1.54) is 0 Å². The standard InChI is InChI=1S/C7H15NO3/c1-5(2)8-7(11)3-6(10)4-9/h5-6,9-10H,3-4H2,1-2H3,(H,8,11). The van der Waals surface area contributed by atoms with Crippen molar-refractivity contribution in [3.63, 3.8) is 0 Å². The number of rotatable bonds is 4. The SMILES string of the molecule is CC(C)NC(=O)CC(O)CO. The van der Waals surface area contributed by atoms with Crippen molar-refractivity contribution >= 4 is 5.91 Å². The predicted octanol–water partition coefficient (Wildman–Crippen LogP) is -0.746. The Labute approximate surface area is 66.2 Å². The van der Waals surface area contributed by atoms with Gasteiger partial charge in [-0.15, -0.1) is 0 Å². The van der Waals surface area contributed by atoms with E-state index in [0.717, 1.165) is 0 Å². The average molecular weight is 161 g/mol. The summed E-state index contributed by atoms with van der Waals surface area (Å²) in [6.07, 6.45) is -0.969. The summed E-state index contributed by atoms with van der Waals surface area (Å²) < 4.78 is 0. The van der Waals surface area contributed by atoms with Crippen LogP contribution in [0.15, 0.2) is 0 Å². The van der Waals surface area contributed by atoms with E-state index in [9.17, 15) is 4.79 Å². The first kappa shape index (κ1) is 10.4. The van der Waals surface area contributed by atoms with Gasteiger partial charge < -0.3 is 15.5 Å². The average Bonchev–Trinajstić information content (AvgIpc) is 1.85. The molecule has 0 bridgehead atoms. The Balaban J connectivity index is 3.52. The molecule has 4 heteroatoms. The minimum Gasteiger partial charge on any atom is -0.394 e. The molecule has 11 heavy (non-hydrogen) atoms. The fraction of sp³-hybridized carbons (Fsp3) is 0.857. The zero-order valence-corrected chi connectivity index (χ0v) is 6.87. The summed E-state index contributed by atoms with van der Waals surface area (Å²) in [5, 5.41) is 19.8. The van der Waals surface area contributed by atoms with Crippen LogP contribution in [-0.4, -0.2) is 34.9 Å². The van der Waals surface area contributed by atoms with Gasteiger partial charge in [-0.1, -0.05) is 0 Å². The van der Waals surface area contributed by atoms with Crippen molar-refractivity contribution < 1.29 is 15.0 Å². The van der Waals surface area contributed by atoms with Crippen LogP contribution >= 0.6 is 0 Å². The molecule has 66 valence electrons. The van der Waals surface area contributed by atoms with Crippen molar-refractivity contribution in [1.29, 1.82) is 0 Å². The first-order valence-corrected chi connectivity index (χ1v) is 3.64. The number of nitrogens with one attached hydrogen (secondary N) is 1. The number of hydrogen-bond acceptors (Lipinski definition) is 3. The number of aliphatic hydroxyl groups is 2. The van der Waals surface area contributed by atoms with Gasteiger partial charge >= 0.3 is 0 Å². The fourth-order valence-corrected chi connectivity index (χ4v) is 0.659. The van der Waals surface area contributed by atoms with Gasteiger partial charge in [-0.2, -0.15) is 0 Å². The lowest BCUT2D eigenvalue weighted by Crippen LogP contribution is -2.33. The maximum absolute atomic E-state index is 10.8. The summed E-state index contributed by atoms with van der Waals surface area (Å²) in [5.74, 6) is -0.235. The molecule has 0 aliphatic heterocycles. The minimum atomic E-state index is -0.936. The molecule has 4 nitrogen and oxygen atoms in total. The molecule has 0 aliphatic carbocycles. The highest BCUT2D eigenvalue weighted by molar-refractivity contribution is 5.76. The van der Waals surface area contributed by atoms with Crippen LogP contribution in [0.25, 0.3) is 0 Å². The van der Waals surface area contributed by atoms with Crippen molar-refractivity contribution in [2.24, 2.45) is 0 Å². The van der Waals surface area contributed by atoms with Crippen molar-refractivity contribution in [3.8, 4) is 0 Å². The third-order valence-electron chi connectivity index (χ3n) is 1.08. The lowest BCUT2D eigenvalue weighted by Gasteiger charge is -2.10. The van der Waals surface area contributed by atoms with Gasteiger partial charge in [0.15, 0.2) is 0 Å². The first-order chi connectivity index (χ1) is 5.06. The fourth-order valence-electron chi connectivity index (χ4n) is 0.659. The summed E-state index contributed by atoms with van der Waals surface area (Å²) in [4.78, 5) is 10.8. The molecular weight excluding hydrogens is 146 g/mol. The van der Waals surface area contributed by atoms with Gasteiger partial charge in [0.05, 0.1) is 19.1 Å². The highest BCUT2D eigenvalue weighted by Gasteiger charge is 2.09. The summed E-state index contributed by atoms with van der Waals surface area (Å²) in [7, 11) is 0. The number of aliphatic hydroxyl groups excluding tert-OH is 2. The first-order valence-electron chi connectivity index (χ1n) is 3.64. The Morgan fingerprint density at radius 2 is 2.09 bits per heavy atom. The van der Waals surface area contributed by atoms with E-state index >= 15 is 0 Å². The van der Waals surface area contributed by atoms with Gasteiger partial charge in [-0.05, 0) is 13.8 Å². The zero-order valence-electron chi connectivity index (χ0n) is 6.87. The van der Waals surface area contributed by atoms with Crippen LogP contribution in [0.2, 0.25) is 0 Å². The second-order valence-corrected chi connectivity index (χ2v) is 2.76. The van der Waals surface area contributed by atoms with Crippen LogP contribution in [0.5, 0.6) is 0 Å². The van der Waals surface area contributed by atoms with Crippen LogP contribution in [0.1, 0.15) is 20.3 Å². The molecule has 0 heterocycles. The molecule has 1 atom stereocenters. The van der Waals surface area contributed by atoms with Crippen molar-refractivity contribution in [1.82, 2.24) is 5.32 Å². The zero-order chi connectivity index (χ0) is 8.85. The predicted molar refractivity (Wildman–Crippen MR) is 41.0 cm³/mol. The van der Waals surface area contributed by atoms with Gasteiger partial charge in [0, 0.05) is 6.04 Å². The summed E-state index contributed by atoms with van der Waals surface area (Å²) in [6.45, 7) is 3.30. The topological polar surface area (TPSA) is 69.6 Å². The largest absolute Gasteiger partial charge is 0.394 e. The van der Waals surface area contributed by atoms with E-state index in [4.69, 9.17) is 10.2 Å². The maximum Gasteiger partial charge on any atom is 0.222 e. The van der Waals surface area contributed by atoms with Crippen molar-refractivity contribution in [2.75, 3.05) is 6.61 Å². The lowest BCUT2D eigenvalue weighted by molar-refractivity contribution is -0.124. The van der Waals surface area contributed by atoms with Gasteiger partial charge in [0.2, 0.25) is 5.91 Å². The molecule has 0 rings (SSSR count). The second-order valence-electron chi connectivity index (χ2n) is 2.76. The molecule has 0 aliphatic rings. The number of hydrogen-bond donors (Lipinski definition) is 3. The van der Waals surface area contributed by atoms with Gasteiger partial charge in [-0.3, -0.25) is 4.79 Å². The van der Waals surface area contributed by atoms with E-state index in [1.54, 1.807) is 0 Å². The molecule has 3 N–H and O–H groups in total. The van der Waals surface area contributed by atoms with Crippen molar-refractivity contribution in [2.45, 2.75) is 32.4 Å². The molecule has 0 saturated carbocycles. The molecule has 0 aromatic heterocycles. The highest BCUT2D eigenvalue weighted by atomic mass is 16.3. The Morgan fingerprint density at radius 1 is 1.55 bits per heavy atom. The highest BCUT2D eigenvalue weighted by Crippen LogP contribution is 1.90. The van der Waals surface area contributed by atoms with E-state index < -0.39 is 6.10 Å². The van der Waals surface area contributed by atoms with Crippen LogP contribution in [0.4, 0.5) is 0 Å². The maximum atomic E-state index is 10.8. The molecule has 0 aromatic carbocycles. The Kier molecular flexibility index (Phi) is 4.81. The molecule has 0 aromatic rings. The molecule has 0 spiro atoms. The molecule has 1 unspecified atom stereocenters. The van der Waals surface area contributed by atoms with Crippen LogP contribution in [0.3, 0.4) is 0 Å². The summed E-state index contributed by atoms with van der Waals surface area (Å²) in [5.41, 5.74) is 0. The minimum absolute atomic E-state index is 0.0331. The molecule has 0 saturated heterocycles. The smallest absolute Gasteiger partial charge is 0.222 e. The van der Waals surface area contributed by atoms with Crippen LogP contribution < -0.4 is 5.32 Å². The van der Waals surface area contributed by atoms with E-state index in [-0.39, 0.29) is 25.0 Å². The van der Waals surface area contributed by atoms with E-state index in [2.05, 4.69) is 5.32 Å². The quantitative estimate of drug-likeness (QED) is 0.508. The second kappa shape index (κ2) is 5.09. The summed E-state index contributed by atoms with van der Waals surface area (Å²) in [6, 6.07) is 0.0772. The molecule has 1 amide bonds. The Bertz CT molecular complexity index is 125.